The third-order valence-electron chi connectivity index (χ3n) is 1.95. The Kier molecular flexibility index (Phi) is 3.26. The standard InChI is InChI=1S/C9H6Cl2N4O2/c10-6-1-12-8(16)14(3-6)5-15-4-7(11)2-13-9(15)17/h1-4H,5H2. The SMILES string of the molecule is O=c1ncc(Cl)cn1Cn1cc(Cl)cnc1=O. The smallest absolute Gasteiger partial charge is 0.279 e. The number of aromatic nitrogens is 4. The van der Waals surface area contributed by atoms with Crippen LogP contribution < -0.4 is 11.4 Å². The Morgan fingerprint density at radius 2 is 1.35 bits per heavy atom. The molecule has 17 heavy (non-hydrogen) atoms. The van der Waals surface area contributed by atoms with Crippen molar-refractivity contribution in [2.45, 2.75) is 6.67 Å². The summed E-state index contributed by atoms with van der Waals surface area (Å²) in [6.07, 6.45) is 5.23. The first-order valence-corrected chi connectivity index (χ1v) is 5.26. The molecule has 2 aromatic rings. The van der Waals surface area contributed by atoms with Gasteiger partial charge in [0.2, 0.25) is 0 Å². The summed E-state index contributed by atoms with van der Waals surface area (Å²) in [5.74, 6) is 0. The van der Waals surface area contributed by atoms with Crippen molar-refractivity contribution >= 4 is 23.2 Å². The quantitative estimate of drug-likeness (QED) is 0.804. The van der Waals surface area contributed by atoms with Gasteiger partial charge in [0.25, 0.3) is 0 Å². The molecule has 0 aliphatic rings. The second kappa shape index (κ2) is 4.68. The van der Waals surface area contributed by atoms with Crippen molar-refractivity contribution in [2.75, 3.05) is 0 Å². The highest BCUT2D eigenvalue weighted by molar-refractivity contribution is 6.30. The lowest BCUT2D eigenvalue weighted by molar-refractivity contribution is 0.549. The predicted octanol–water partition coefficient (Wildman–Crippen LogP) is 0.613. The lowest BCUT2D eigenvalue weighted by atomic mass is 10.6. The van der Waals surface area contributed by atoms with Crippen LogP contribution in [-0.2, 0) is 6.67 Å². The van der Waals surface area contributed by atoms with Crippen molar-refractivity contribution in [1.29, 1.82) is 0 Å². The minimum Gasteiger partial charge on any atom is -0.279 e. The Morgan fingerprint density at radius 1 is 0.941 bits per heavy atom. The van der Waals surface area contributed by atoms with E-state index in [1.165, 1.54) is 33.9 Å². The highest BCUT2D eigenvalue weighted by atomic mass is 35.5. The monoisotopic (exact) mass is 272 g/mol. The molecular weight excluding hydrogens is 267 g/mol. The van der Waals surface area contributed by atoms with Crippen molar-refractivity contribution in [3.63, 3.8) is 0 Å². The zero-order valence-corrected chi connectivity index (χ0v) is 9.89. The first-order chi connectivity index (χ1) is 8.06. The summed E-state index contributed by atoms with van der Waals surface area (Å²) < 4.78 is 2.36. The fourth-order valence-electron chi connectivity index (χ4n) is 1.22. The van der Waals surface area contributed by atoms with Gasteiger partial charge in [0.15, 0.2) is 0 Å². The zero-order valence-electron chi connectivity index (χ0n) is 8.38. The van der Waals surface area contributed by atoms with Crippen molar-refractivity contribution in [3.05, 3.63) is 55.8 Å². The van der Waals surface area contributed by atoms with Crippen molar-refractivity contribution in [1.82, 2.24) is 19.1 Å². The van der Waals surface area contributed by atoms with Crippen LogP contribution in [0.5, 0.6) is 0 Å². The van der Waals surface area contributed by atoms with Gasteiger partial charge < -0.3 is 0 Å². The molecular formula is C9H6Cl2N4O2. The Bertz CT molecular complexity index is 607. The molecule has 0 saturated carbocycles. The fraction of sp³-hybridized carbons (Fsp3) is 0.111. The van der Waals surface area contributed by atoms with Crippen LogP contribution >= 0.6 is 23.2 Å². The predicted molar refractivity (Wildman–Crippen MR) is 62.4 cm³/mol. The molecule has 0 aliphatic carbocycles. The normalized spacial score (nSPS) is 10.5. The number of nitrogens with zero attached hydrogens (tertiary/aromatic N) is 4. The van der Waals surface area contributed by atoms with Crippen LogP contribution in [0.15, 0.2) is 34.4 Å². The molecule has 0 atom stereocenters. The Balaban J connectivity index is 2.44. The maximum atomic E-state index is 11.4. The molecule has 0 spiro atoms. The van der Waals surface area contributed by atoms with Crippen LogP contribution in [-0.4, -0.2) is 19.1 Å². The molecule has 2 aromatic heterocycles. The van der Waals surface area contributed by atoms with Gasteiger partial charge in [-0.05, 0) is 0 Å². The van der Waals surface area contributed by atoms with E-state index in [2.05, 4.69) is 9.97 Å². The summed E-state index contributed by atoms with van der Waals surface area (Å²) in [7, 11) is 0. The summed E-state index contributed by atoms with van der Waals surface area (Å²) in [5, 5.41) is 0.597. The van der Waals surface area contributed by atoms with Gasteiger partial charge in [-0.1, -0.05) is 23.2 Å². The van der Waals surface area contributed by atoms with Crippen molar-refractivity contribution < 1.29 is 0 Å². The molecule has 0 fully saturated rings. The topological polar surface area (TPSA) is 69.8 Å². The minimum atomic E-state index is -0.513. The lowest BCUT2D eigenvalue weighted by Crippen LogP contribution is -2.31. The van der Waals surface area contributed by atoms with E-state index in [1.807, 2.05) is 0 Å². The van der Waals surface area contributed by atoms with Gasteiger partial charge in [0.1, 0.15) is 6.67 Å². The maximum absolute atomic E-state index is 11.4. The van der Waals surface area contributed by atoms with E-state index < -0.39 is 11.4 Å². The van der Waals surface area contributed by atoms with Gasteiger partial charge in [0.05, 0.1) is 22.4 Å². The van der Waals surface area contributed by atoms with Crippen molar-refractivity contribution in [3.8, 4) is 0 Å². The van der Waals surface area contributed by atoms with Crippen LogP contribution in [0.1, 0.15) is 0 Å². The number of halogens is 2. The van der Waals surface area contributed by atoms with E-state index in [0.717, 1.165) is 0 Å². The van der Waals surface area contributed by atoms with Gasteiger partial charge in [-0.3, -0.25) is 9.13 Å². The molecule has 0 saturated heterocycles. The highest BCUT2D eigenvalue weighted by Gasteiger charge is 2.02. The molecule has 0 radical (unpaired) electrons. The van der Waals surface area contributed by atoms with Gasteiger partial charge in [-0.2, -0.15) is 9.97 Å². The van der Waals surface area contributed by atoms with Gasteiger partial charge in [0, 0.05) is 12.4 Å². The molecule has 0 unspecified atom stereocenters. The fourth-order valence-corrected chi connectivity index (χ4v) is 1.56. The van der Waals surface area contributed by atoms with Crippen LogP contribution in [0.4, 0.5) is 0 Å². The van der Waals surface area contributed by atoms with Crippen LogP contribution in [0.3, 0.4) is 0 Å². The molecule has 0 aromatic carbocycles. The molecule has 88 valence electrons. The second-order valence-corrected chi connectivity index (χ2v) is 4.06. The third kappa shape index (κ3) is 2.72. The van der Waals surface area contributed by atoms with Gasteiger partial charge >= 0.3 is 11.4 Å². The average molecular weight is 273 g/mol. The summed E-state index contributed by atoms with van der Waals surface area (Å²) in [6, 6.07) is 0. The van der Waals surface area contributed by atoms with Gasteiger partial charge in [-0.15, -0.1) is 0 Å². The highest BCUT2D eigenvalue weighted by Crippen LogP contribution is 2.03. The van der Waals surface area contributed by atoms with Crippen LogP contribution in [0, 0.1) is 0 Å². The number of rotatable bonds is 2. The molecule has 2 rings (SSSR count). The van der Waals surface area contributed by atoms with E-state index in [9.17, 15) is 9.59 Å². The van der Waals surface area contributed by atoms with E-state index in [-0.39, 0.29) is 6.67 Å². The Morgan fingerprint density at radius 3 is 1.76 bits per heavy atom. The minimum absolute atomic E-state index is 0.0429. The Labute approximate surface area is 105 Å². The number of hydrogen-bond acceptors (Lipinski definition) is 4. The first-order valence-electron chi connectivity index (χ1n) is 4.50. The van der Waals surface area contributed by atoms with E-state index in [0.29, 0.717) is 10.0 Å². The maximum Gasteiger partial charge on any atom is 0.349 e. The van der Waals surface area contributed by atoms with E-state index >= 15 is 0 Å². The van der Waals surface area contributed by atoms with E-state index in [1.54, 1.807) is 0 Å². The third-order valence-corrected chi connectivity index (χ3v) is 2.34. The molecule has 0 amide bonds. The number of hydrogen-bond donors (Lipinski definition) is 0. The van der Waals surface area contributed by atoms with Gasteiger partial charge in [-0.25, -0.2) is 9.59 Å². The molecule has 8 heteroatoms. The summed E-state index contributed by atoms with van der Waals surface area (Å²) in [4.78, 5) is 29.9. The summed E-state index contributed by atoms with van der Waals surface area (Å²) in [6.45, 7) is -0.0429. The van der Waals surface area contributed by atoms with Crippen LogP contribution in [0.25, 0.3) is 0 Å². The zero-order chi connectivity index (χ0) is 12.4. The second-order valence-electron chi connectivity index (χ2n) is 3.19. The Hall–Kier alpha value is -1.66. The largest absolute Gasteiger partial charge is 0.349 e. The molecule has 2 heterocycles. The molecule has 0 bridgehead atoms. The van der Waals surface area contributed by atoms with E-state index in [4.69, 9.17) is 23.2 Å². The molecule has 0 aliphatic heterocycles. The lowest BCUT2D eigenvalue weighted by Gasteiger charge is -2.07. The molecule has 6 nitrogen and oxygen atoms in total. The first kappa shape index (κ1) is 11.8. The summed E-state index contributed by atoms with van der Waals surface area (Å²) in [5.41, 5.74) is -1.03. The van der Waals surface area contributed by atoms with Crippen LogP contribution in [0.2, 0.25) is 10.0 Å². The average Bonchev–Trinajstić information content (AvgIpc) is 2.28. The molecule has 0 N–H and O–H groups in total. The summed E-state index contributed by atoms with van der Waals surface area (Å²) >= 11 is 11.4. The van der Waals surface area contributed by atoms with Crippen molar-refractivity contribution in [2.24, 2.45) is 0 Å².